The van der Waals surface area contributed by atoms with Gasteiger partial charge in [-0.3, -0.25) is 0 Å². The van der Waals surface area contributed by atoms with Crippen LogP contribution < -0.4 is 0 Å². The van der Waals surface area contributed by atoms with Crippen molar-refractivity contribution in [2.45, 2.75) is 36.7 Å². The summed E-state index contributed by atoms with van der Waals surface area (Å²) in [5, 5.41) is 0. The number of hydrogen-bond donors (Lipinski definition) is 0. The fourth-order valence-electron chi connectivity index (χ4n) is 3.08. The highest BCUT2D eigenvalue weighted by Crippen LogP contribution is 2.39. The summed E-state index contributed by atoms with van der Waals surface area (Å²) in [6.07, 6.45) is 2.75. The molecule has 0 saturated carbocycles. The quantitative estimate of drug-likeness (QED) is 0.840. The second-order valence-electron chi connectivity index (χ2n) is 5.56. The number of thioether (sulfide) groups is 1. The average Bonchev–Trinajstić information content (AvgIpc) is 2.70. The zero-order valence-corrected chi connectivity index (χ0v) is 12.5. The van der Waals surface area contributed by atoms with E-state index in [1.54, 1.807) is 5.56 Å². The van der Waals surface area contributed by atoms with Crippen LogP contribution in [0.1, 0.15) is 31.2 Å². The maximum absolute atomic E-state index is 5.87. The minimum absolute atomic E-state index is 0.437. The smallest absolute Gasteiger partial charge is 0.0699 e. The van der Waals surface area contributed by atoms with Gasteiger partial charge in [-0.25, -0.2) is 0 Å². The fraction of sp³-hybridized carbons (Fsp3) is 0.625. The summed E-state index contributed by atoms with van der Waals surface area (Å²) in [6, 6.07) is 8.91. The summed E-state index contributed by atoms with van der Waals surface area (Å²) in [6.45, 7) is 6.67. The molecular formula is C16H23NOS. The van der Waals surface area contributed by atoms with Crippen molar-refractivity contribution in [2.75, 3.05) is 32.0 Å². The molecule has 1 aromatic carbocycles. The third kappa shape index (κ3) is 3.15. The first-order valence-electron chi connectivity index (χ1n) is 7.42. The number of nitrogens with zero attached hydrogens (tertiary/aromatic N) is 1. The lowest BCUT2D eigenvalue weighted by Crippen LogP contribution is -2.34. The topological polar surface area (TPSA) is 12.5 Å². The molecule has 1 fully saturated rings. The Labute approximate surface area is 120 Å². The Bertz CT molecular complexity index is 423. The van der Waals surface area contributed by atoms with E-state index >= 15 is 0 Å². The van der Waals surface area contributed by atoms with Gasteiger partial charge in [0.2, 0.25) is 0 Å². The van der Waals surface area contributed by atoms with Crippen molar-refractivity contribution in [3.8, 4) is 0 Å². The summed E-state index contributed by atoms with van der Waals surface area (Å²) in [5.74, 6) is 1.95. The van der Waals surface area contributed by atoms with E-state index in [4.69, 9.17) is 4.74 Å². The molecule has 2 aliphatic heterocycles. The standard InChI is InChI=1S/C16H23NOS/c1-2-14-11-17(8-5-9-18-14)10-13-12-19-16-7-4-3-6-15(13)16/h3-4,6-7,13-14H,2,5,8-12H2,1H3. The second-order valence-corrected chi connectivity index (χ2v) is 6.62. The summed E-state index contributed by atoms with van der Waals surface area (Å²) in [4.78, 5) is 4.11. The van der Waals surface area contributed by atoms with E-state index in [1.807, 2.05) is 11.8 Å². The van der Waals surface area contributed by atoms with Gasteiger partial charge in [-0.2, -0.15) is 0 Å². The molecule has 0 aliphatic carbocycles. The highest BCUT2D eigenvalue weighted by atomic mass is 32.2. The molecule has 2 unspecified atom stereocenters. The van der Waals surface area contributed by atoms with Gasteiger partial charge >= 0.3 is 0 Å². The Morgan fingerprint density at radius 1 is 1.37 bits per heavy atom. The van der Waals surface area contributed by atoms with Gasteiger partial charge in [-0.15, -0.1) is 11.8 Å². The molecule has 2 nitrogen and oxygen atoms in total. The Morgan fingerprint density at radius 2 is 2.26 bits per heavy atom. The Kier molecular flexibility index (Phi) is 4.46. The zero-order chi connectivity index (χ0) is 13.1. The van der Waals surface area contributed by atoms with Gasteiger partial charge in [0.05, 0.1) is 6.10 Å². The molecule has 2 heterocycles. The summed E-state index contributed by atoms with van der Waals surface area (Å²) in [5.41, 5.74) is 1.56. The lowest BCUT2D eigenvalue weighted by Gasteiger charge is -2.26. The van der Waals surface area contributed by atoms with E-state index in [1.165, 1.54) is 30.2 Å². The van der Waals surface area contributed by atoms with E-state index in [-0.39, 0.29) is 0 Å². The van der Waals surface area contributed by atoms with Gasteiger partial charge in [-0.05, 0) is 24.5 Å². The number of hydrogen-bond acceptors (Lipinski definition) is 3. The number of benzene rings is 1. The first kappa shape index (κ1) is 13.5. The molecule has 3 heteroatoms. The molecule has 2 atom stereocenters. The number of rotatable bonds is 3. The Balaban J connectivity index is 1.65. The molecular weight excluding hydrogens is 254 g/mol. The molecule has 104 valence electrons. The van der Waals surface area contributed by atoms with Crippen molar-refractivity contribution >= 4 is 11.8 Å². The minimum atomic E-state index is 0.437. The van der Waals surface area contributed by atoms with Crippen molar-refractivity contribution in [2.24, 2.45) is 0 Å². The highest BCUT2D eigenvalue weighted by Gasteiger charge is 2.26. The molecule has 1 saturated heterocycles. The predicted octanol–water partition coefficient (Wildman–Crippen LogP) is 3.38. The van der Waals surface area contributed by atoms with Crippen LogP contribution in [-0.4, -0.2) is 43.0 Å². The second kappa shape index (κ2) is 6.29. The molecule has 0 radical (unpaired) electrons. The van der Waals surface area contributed by atoms with Crippen LogP contribution in [-0.2, 0) is 4.74 Å². The lowest BCUT2D eigenvalue weighted by molar-refractivity contribution is 0.0514. The van der Waals surface area contributed by atoms with Gasteiger partial charge in [0.1, 0.15) is 0 Å². The molecule has 19 heavy (non-hydrogen) atoms. The monoisotopic (exact) mass is 277 g/mol. The third-order valence-electron chi connectivity index (χ3n) is 4.17. The van der Waals surface area contributed by atoms with Crippen molar-refractivity contribution in [1.82, 2.24) is 4.90 Å². The van der Waals surface area contributed by atoms with Crippen LogP contribution in [0, 0.1) is 0 Å². The zero-order valence-electron chi connectivity index (χ0n) is 11.7. The summed E-state index contributed by atoms with van der Waals surface area (Å²) >= 11 is 2.02. The maximum Gasteiger partial charge on any atom is 0.0699 e. The highest BCUT2D eigenvalue weighted by molar-refractivity contribution is 7.99. The van der Waals surface area contributed by atoms with Crippen molar-refractivity contribution in [1.29, 1.82) is 0 Å². The van der Waals surface area contributed by atoms with E-state index in [0.29, 0.717) is 12.0 Å². The van der Waals surface area contributed by atoms with Gasteiger partial charge in [0.25, 0.3) is 0 Å². The van der Waals surface area contributed by atoms with Gasteiger partial charge in [-0.1, -0.05) is 25.1 Å². The molecule has 0 amide bonds. The minimum Gasteiger partial charge on any atom is -0.377 e. The van der Waals surface area contributed by atoms with E-state index in [0.717, 1.165) is 19.6 Å². The van der Waals surface area contributed by atoms with Crippen LogP contribution in [0.4, 0.5) is 0 Å². The summed E-state index contributed by atoms with van der Waals surface area (Å²) < 4.78 is 5.87. The van der Waals surface area contributed by atoms with Gasteiger partial charge in [0, 0.05) is 42.8 Å². The lowest BCUT2D eigenvalue weighted by atomic mass is 10.0. The van der Waals surface area contributed by atoms with Crippen LogP contribution in [0.15, 0.2) is 29.2 Å². The Hall–Kier alpha value is -0.510. The van der Waals surface area contributed by atoms with E-state index in [2.05, 4.69) is 36.1 Å². The van der Waals surface area contributed by atoms with Crippen LogP contribution >= 0.6 is 11.8 Å². The molecule has 0 N–H and O–H groups in total. The largest absolute Gasteiger partial charge is 0.377 e. The van der Waals surface area contributed by atoms with E-state index < -0.39 is 0 Å². The summed E-state index contributed by atoms with van der Waals surface area (Å²) in [7, 11) is 0. The van der Waals surface area contributed by atoms with Gasteiger partial charge < -0.3 is 9.64 Å². The molecule has 3 rings (SSSR count). The predicted molar refractivity (Wildman–Crippen MR) is 81.0 cm³/mol. The van der Waals surface area contributed by atoms with Crippen LogP contribution in [0.2, 0.25) is 0 Å². The first-order valence-corrected chi connectivity index (χ1v) is 8.41. The van der Waals surface area contributed by atoms with Gasteiger partial charge in [0.15, 0.2) is 0 Å². The fourth-order valence-corrected chi connectivity index (χ4v) is 4.32. The number of ether oxygens (including phenoxy) is 1. The maximum atomic E-state index is 5.87. The van der Waals surface area contributed by atoms with Crippen LogP contribution in [0.25, 0.3) is 0 Å². The molecule has 2 aliphatic rings. The van der Waals surface area contributed by atoms with Crippen LogP contribution in [0.5, 0.6) is 0 Å². The van der Waals surface area contributed by atoms with Crippen LogP contribution in [0.3, 0.4) is 0 Å². The SMILES string of the molecule is CCC1CN(CC2CSc3ccccc32)CCCO1. The molecule has 1 aromatic rings. The van der Waals surface area contributed by atoms with E-state index in [9.17, 15) is 0 Å². The molecule has 0 bridgehead atoms. The average molecular weight is 277 g/mol. The molecule has 0 spiro atoms. The Morgan fingerprint density at radius 3 is 3.16 bits per heavy atom. The van der Waals surface area contributed by atoms with Crippen molar-refractivity contribution < 1.29 is 4.74 Å². The van der Waals surface area contributed by atoms with Crippen molar-refractivity contribution in [3.05, 3.63) is 29.8 Å². The third-order valence-corrected chi connectivity index (χ3v) is 5.42. The molecule has 0 aromatic heterocycles. The normalized spacial score (nSPS) is 28.1. The van der Waals surface area contributed by atoms with Crippen molar-refractivity contribution in [3.63, 3.8) is 0 Å². The number of fused-ring (bicyclic) bond motifs is 1. The first-order chi connectivity index (χ1) is 9.36.